The van der Waals surface area contributed by atoms with Gasteiger partial charge in [-0.25, -0.2) is 0 Å². The molecule has 0 spiro atoms. The fourth-order valence-electron chi connectivity index (χ4n) is 4.71. The Morgan fingerprint density at radius 2 is 1.12 bits per heavy atom. The third kappa shape index (κ3) is 6.92. The molecule has 0 amide bonds. The van der Waals surface area contributed by atoms with Crippen molar-refractivity contribution in [1.29, 1.82) is 0 Å². The van der Waals surface area contributed by atoms with Crippen molar-refractivity contribution < 1.29 is 24.9 Å². The van der Waals surface area contributed by atoms with Crippen LogP contribution in [-0.2, 0) is 35.6 Å². The van der Waals surface area contributed by atoms with Gasteiger partial charge in [0, 0.05) is 42.1 Å². The van der Waals surface area contributed by atoms with Gasteiger partial charge in [0.25, 0.3) is 0 Å². The molecule has 0 bridgehead atoms. The Bertz CT molecular complexity index is 1570. The highest BCUT2D eigenvalue weighted by molar-refractivity contribution is 7.28. The number of carbonyl (C=O) groups excluding carboxylic acids is 1. The summed E-state index contributed by atoms with van der Waals surface area (Å²) >= 11 is 5.01. The number of ketones is 1. The van der Waals surface area contributed by atoms with Gasteiger partial charge in [-0.3, -0.25) is 4.79 Å². The van der Waals surface area contributed by atoms with E-state index < -0.39 is 5.97 Å². The first-order chi connectivity index (χ1) is 19.8. The molecule has 3 N–H and O–H groups in total. The van der Waals surface area contributed by atoms with E-state index in [4.69, 9.17) is 0 Å². The third-order valence-corrected chi connectivity index (χ3v) is 10.7. The van der Waals surface area contributed by atoms with Crippen LogP contribution >= 0.6 is 34.0 Å². The fourth-order valence-corrected chi connectivity index (χ4v) is 8.42. The number of carbonyl (C=O) groups is 2. The Labute approximate surface area is 251 Å². The number of aryl methyl sites for hydroxylation is 2. The van der Waals surface area contributed by atoms with E-state index in [1.54, 1.807) is 40.9 Å². The maximum atomic E-state index is 11.8. The van der Waals surface area contributed by atoms with Crippen molar-refractivity contribution in [2.75, 3.05) is 0 Å². The summed E-state index contributed by atoms with van der Waals surface area (Å²) in [6.45, 7) is 1.56. The second kappa shape index (κ2) is 13.1. The topological polar surface area (TPSA) is 94.8 Å². The van der Waals surface area contributed by atoms with Crippen molar-refractivity contribution in [3.05, 3.63) is 95.1 Å². The number of hydrogen-bond acceptors (Lipinski definition) is 7. The summed E-state index contributed by atoms with van der Waals surface area (Å²) < 4.78 is 0. The van der Waals surface area contributed by atoms with E-state index >= 15 is 0 Å². The van der Waals surface area contributed by atoms with Crippen molar-refractivity contribution >= 4 is 45.8 Å². The lowest BCUT2D eigenvalue weighted by Gasteiger charge is -2.01. The number of carboxylic acid groups (broad SMARTS) is 1. The van der Waals surface area contributed by atoms with Gasteiger partial charge < -0.3 is 20.1 Å². The number of aliphatic hydroxyl groups excluding tert-OH is 2. The summed E-state index contributed by atoms with van der Waals surface area (Å²) in [6, 6.07) is 24.1. The average molecular weight is 603 g/mol. The first-order valence-corrected chi connectivity index (χ1v) is 15.8. The van der Waals surface area contributed by atoms with Crippen molar-refractivity contribution in [2.24, 2.45) is 0 Å². The summed E-state index contributed by atoms with van der Waals surface area (Å²) in [4.78, 5) is 29.8. The van der Waals surface area contributed by atoms with E-state index in [9.17, 15) is 24.9 Å². The third-order valence-electron chi connectivity index (χ3n) is 6.81. The first kappa shape index (κ1) is 29.1. The van der Waals surface area contributed by atoms with E-state index in [1.807, 2.05) is 48.5 Å². The van der Waals surface area contributed by atoms with E-state index in [0.29, 0.717) is 19.3 Å². The highest BCUT2D eigenvalue weighted by atomic mass is 32.1. The van der Waals surface area contributed by atoms with Crippen LogP contribution in [0.2, 0.25) is 0 Å². The zero-order valence-corrected chi connectivity index (χ0v) is 25.0. The van der Waals surface area contributed by atoms with E-state index in [1.165, 1.54) is 0 Å². The molecule has 8 heteroatoms. The molecule has 0 radical (unpaired) electrons. The summed E-state index contributed by atoms with van der Waals surface area (Å²) in [5.74, 6) is -0.679. The summed E-state index contributed by atoms with van der Waals surface area (Å²) in [5.41, 5.74) is 5.85. The van der Waals surface area contributed by atoms with Crippen LogP contribution in [0.1, 0.15) is 42.0 Å². The lowest BCUT2D eigenvalue weighted by Crippen LogP contribution is -1.97. The maximum absolute atomic E-state index is 11.8. The molecule has 0 fully saturated rings. The number of Topliss-reactive ketones (excluding diaryl/α,β-unsaturated/α-hetero) is 1. The van der Waals surface area contributed by atoms with Crippen molar-refractivity contribution in [2.45, 2.75) is 45.8 Å². The second-order valence-corrected chi connectivity index (χ2v) is 13.1. The molecule has 3 heterocycles. The van der Waals surface area contributed by atoms with Crippen LogP contribution in [0.4, 0.5) is 0 Å². The Morgan fingerprint density at radius 3 is 1.56 bits per heavy atom. The lowest BCUT2D eigenvalue weighted by molar-refractivity contribution is -0.137. The van der Waals surface area contributed by atoms with Crippen LogP contribution in [0.3, 0.4) is 0 Å². The van der Waals surface area contributed by atoms with E-state index in [2.05, 4.69) is 24.3 Å². The maximum Gasteiger partial charge on any atom is 0.303 e. The normalized spacial score (nSPS) is 11.2. The number of aliphatic carboxylic acids is 1. The fraction of sp³-hybridized carbons (Fsp3) is 0.212. The molecule has 210 valence electrons. The van der Waals surface area contributed by atoms with Gasteiger partial charge in [-0.15, -0.1) is 34.0 Å². The molecule has 0 saturated heterocycles. The van der Waals surface area contributed by atoms with Gasteiger partial charge in [0.2, 0.25) is 0 Å². The summed E-state index contributed by atoms with van der Waals surface area (Å²) in [5, 5.41) is 28.6. The van der Waals surface area contributed by atoms with Crippen molar-refractivity contribution in [3.63, 3.8) is 0 Å². The molecular weight excluding hydrogens is 573 g/mol. The minimum atomic E-state index is -0.829. The predicted molar refractivity (Wildman–Crippen MR) is 169 cm³/mol. The minimum absolute atomic E-state index is 0.0190. The smallest absolute Gasteiger partial charge is 0.303 e. The van der Waals surface area contributed by atoms with Crippen LogP contribution in [-0.4, -0.2) is 27.1 Å². The van der Waals surface area contributed by atoms with Gasteiger partial charge in [0.15, 0.2) is 0 Å². The molecule has 5 aromatic rings. The van der Waals surface area contributed by atoms with Gasteiger partial charge >= 0.3 is 5.97 Å². The van der Waals surface area contributed by atoms with Crippen molar-refractivity contribution in [1.82, 2.24) is 0 Å². The average Bonchev–Trinajstić information content (AvgIpc) is 3.73. The molecule has 5 nitrogen and oxygen atoms in total. The minimum Gasteiger partial charge on any atom is -0.481 e. The van der Waals surface area contributed by atoms with Crippen LogP contribution in [0, 0.1) is 0 Å². The largest absolute Gasteiger partial charge is 0.481 e. The second-order valence-electron chi connectivity index (χ2n) is 9.91. The molecule has 0 aliphatic rings. The summed E-state index contributed by atoms with van der Waals surface area (Å²) in [6.07, 6.45) is 1.61. The number of benzene rings is 2. The van der Waals surface area contributed by atoms with Crippen molar-refractivity contribution in [3.8, 4) is 40.4 Å². The molecule has 0 aliphatic carbocycles. The van der Waals surface area contributed by atoms with Gasteiger partial charge in [-0.1, -0.05) is 36.4 Å². The zero-order chi connectivity index (χ0) is 28.9. The summed E-state index contributed by atoms with van der Waals surface area (Å²) in [7, 11) is 0. The van der Waals surface area contributed by atoms with Gasteiger partial charge in [0.05, 0.1) is 13.2 Å². The molecule has 3 aromatic heterocycles. The number of hydrogen-bond donors (Lipinski definition) is 3. The molecule has 0 aliphatic heterocycles. The van der Waals surface area contributed by atoms with Crippen LogP contribution < -0.4 is 0 Å². The lowest BCUT2D eigenvalue weighted by atomic mass is 10.1. The Hall–Kier alpha value is -3.40. The number of thiophene rings is 3. The van der Waals surface area contributed by atoms with Crippen LogP contribution in [0.25, 0.3) is 40.4 Å². The molecular formula is C33H30O5S3. The molecule has 5 rings (SSSR count). The van der Waals surface area contributed by atoms with E-state index in [-0.39, 0.29) is 25.4 Å². The van der Waals surface area contributed by atoms with Gasteiger partial charge in [0.1, 0.15) is 5.78 Å². The standard InChI is InChI=1S/C33H30O5S3/c1-20(36)8-9-25-16-29(23-6-2-4-21(14-23)18-34)40-32(25)27-11-12-28(39-27)33-26(10-13-31(37)38)17-30(41-33)24-7-3-5-22(15-24)19-35/h2-7,11-12,14-17,34-35H,8-10,13,18-19H2,1H3,(H,37,38). The quantitative estimate of drug-likeness (QED) is 0.134. The Morgan fingerprint density at radius 1 is 0.634 bits per heavy atom. The Kier molecular flexibility index (Phi) is 9.27. The molecule has 0 saturated carbocycles. The highest BCUT2D eigenvalue weighted by Crippen LogP contribution is 2.47. The number of carboxylic acids is 1. The molecule has 0 unspecified atom stereocenters. The SMILES string of the molecule is CC(=O)CCc1cc(-c2cccc(CO)c2)sc1-c1ccc(-c2sc(-c3cccc(CO)c3)cc2CCC(=O)O)s1. The van der Waals surface area contributed by atoms with Crippen LogP contribution in [0.15, 0.2) is 72.8 Å². The Balaban J connectivity index is 1.54. The monoisotopic (exact) mass is 602 g/mol. The number of aliphatic hydroxyl groups is 2. The number of rotatable bonds is 12. The molecule has 0 atom stereocenters. The molecule has 2 aromatic carbocycles. The predicted octanol–water partition coefficient (Wildman–Crippen LogP) is 8.06. The van der Waals surface area contributed by atoms with Gasteiger partial charge in [-0.2, -0.15) is 0 Å². The van der Waals surface area contributed by atoms with E-state index in [0.717, 1.165) is 62.6 Å². The first-order valence-electron chi connectivity index (χ1n) is 13.3. The highest BCUT2D eigenvalue weighted by Gasteiger charge is 2.19. The molecule has 41 heavy (non-hydrogen) atoms. The van der Waals surface area contributed by atoms with Crippen LogP contribution in [0.5, 0.6) is 0 Å². The van der Waals surface area contributed by atoms with Gasteiger partial charge in [-0.05, 0) is 89.5 Å². The zero-order valence-electron chi connectivity index (χ0n) is 22.6.